The van der Waals surface area contributed by atoms with Crippen molar-refractivity contribution in [2.45, 2.75) is 17.6 Å². The van der Waals surface area contributed by atoms with Crippen LogP contribution in [0.25, 0.3) is 23.0 Å². The maximum atomic E-state index is 12.5. The number of ether oxygens (including phenoxy) is 1. The summed E-state index contributed by atoms with van der Waals surface area (Å²) in [6, 6.07) is 18.8. The molecule has 4 aromatic rings. The van der Waals surface area contributed by atoms with E-state index in [0.29, 0.717) is 24.0 Å². The summed E-state index contributed by atoms with van der Waals surface area (Å²) < 4.78 is 41.3. The van der Waals surface area contributed by atoms with E-state index in [1.54, 1.807) is 42.5 Å². The van der Waals surface area contributed by atoms with Crippen LogP contribution >= 0.6 is 0 Å². The van der Waals surface area contributed by atoms with Gasteiger partial charge in [0.25, 0.3) is 5.89 Å². The molecule has 0 aliphatic heterocycles. The quantitative estimate of drug-likeness (QED) is 0.446. The molecule has 0 unspecified atom stereocenters. The Morgan fingerprint density at radius 1 is 0.966 bits per heavy atom. The van der Waals surface area contributed by atoms with Gasteiger partial charge in [0.2, 0.25) is 5.82 Å². The summed E-state index contributed by atoms with van der Waals surface area (Å²) in [5.41, 5.74) is 0.766. The molecule has 0 radical (unpaired) electrons. The molecule has 0 spiro atoms. The minimum absolute atomic E-state index is 0.178. The number of benzene rings is 2. The average Bonchev–Trinajstić information content (AvgIpc) is 3.39. The van der Waals surface area contributed by atoms with Gasteiger partial charge in [-0.1, -0.05) is 23.4 Å². The minimum atomic E-state index is -3.50. The Balaban J connectivity index is 1.52. The number of furan rings is 1. The molecule has 0 bridgehead atoms. The van der Waals surface area contributed by atoms with Crippen molar-refractivity contribution in [3.05, 3.63) is 72.5 Å². The predicted octanol–water partition coefficient (Wildman–Crippen LogP) is 4.37. The summed E-state index contributed by atoms with van der Waals surface area (Å²) in [7, 11) is -3.50. The van der Waals surface area contributed by atoms with E-state index in [4.69, 9.17) is 13.7 Å². The maximum absolute atomic E-state index is 12.5. The van der Waals surface area contributed by atoms with E-state index < -0.39 is 9.84 Å². The molecule has 0 aliphatic rings. The highest BCUT2D eigenvalue weighted by Crippen LogP contribution is 2.26. The highest BCUT2D eigenvalue weighted by atomic mass is 32.2. The third-order valence-electron chi connectivity index (χ3n) is 4.16. The van der Waals surface area contributed by atoms with E-state index in [1.165, 1.54) is 0 Å². The lowest BCUT2D eigenvalue weighted by molar-refractivity contribution is 0.340. The molecule has 2 aromatic carbocycles. The van der Waals surface area contributed by atoms with Crippen LogP contribution in [-0.2, 0) is 15.6 Å². The van der Waals surface area contributed by atoms with Crippen LogP contribution in [0.4, 0.5) is 0 Å². The van der Waals surface area contributed by atoms with E-state index >= 15 is 0 Å². The molecular weight excluding hydrogens is 392 g/mol. The Morgan fingerprint density at radius 2 is 1.72 bits per heavy atom. The molecule has 4 rings (SSSR count). The van der Waals surface area contributed by atoms with Gasteiger partial charge in [-0.15, -0.1) is 0 Å². The van der Waals surface area contributed by atoms with Gasteiger partial charge in [-0.3, -0.25) is 0 Å². The summed E-state index contributed by atoms with van der Waals surface area (Å²) in [5.74, 6) is 1.69. The molecule has 0 atom stereocenters. The van der Waals surface area contributed by atoms with Crippen LogP contribution in [0.1, 0.15) is 12.7 Å². The number of nitrogens with zero attached hydrogens (tertiary/aromatic N) is 2. The lowest BCUT2D eigenvalue weighted by Gasteiger charge is -2.02. The Kier molecular flexibility index (Phi) is 5.18. The summed E-state index contributed by atoms with van der Waals surface area (Å²) in [4.78, 5) is 4.58. The van der Waals surface area contributed by atoms with Gasteiger partial charge in [0.05, 0.1) is 11.5 Å². The Morgan fingerprint density at radius 3 is 2.45 bits per heavy atom. The fourth-order valence-electron chi connectivity index (χ4n) is 2.78. The zero-order valence-corrected chi connectivity index (χ0v) is 16.4. The van der Waals surface area contributed by atoms with Crippen LogP contribution in [0.15, 0.2) is 80.6 Å². The average molecular weight is 410 g/mol. The van der Waals surface area contributed by atoms with Gasteiger partial charge in [0.15, 0.2) is 15.6 Å². The lowest BCUT2D eigenvalue weighted by atomic mass is 10.2. The van der Waals surface area contributed by atoms with Gasteiger partial charge >= 0.3 is 0 Å². The van der Waals surface area contributed by atoms with Crippen LogP contribution in [-0.4, -0.2) is 25.2 Å². The zero-order valence-electron chi connectivity index (χ0n) is 15.6. The first-order valence-electron chi connectivity index (χ1n) is 8.99. The predicted molar refractivity (Wildman–Crippen MR) is 106 cm³/mol. The fraction of sp³-hybridized carbons (Fsp3) is 0.143. The first kappa shape index (κ1) is 18.9. The van der Waals surface area contributed by atoms with E-state index in [-0.39, 0.29) is 16.5 Å². The van der Waals surface area contributed by atoms with Crippen molar-refractivity contribution in [2.24, 2.45) is 0 Å². The van der Waals surface area contributed by atoms with Crippen molar-refractivity contribution in [1.29, 1.82) is 0 Å². The Hall–Kier alpha value is -3.39. The van der Waals surface area contributed by atoms with E-state index in [9.17, 15) is 8.42 Å². The molecule has 0 N–H and O–H groups in total. The summed E-state index contributed by atoms with van der Waals surface area (Å²) in [6.07, 6.45) is 0. The van der Waals surface area contributed by atoms with Gasteiger partial charge in [-0.05, 0) is 55.5 Å². The van der Waals surface area contributed by atoms with Crippen LogP contribution in [0.3, 0.4) is 0 Å². The van der Waals surface area contributed by atoms with Gasteiger partial charge in [0.1, 0.15) is 17.3 Å². The third kappa shape index (κ3) is 4.22. The lowest BCUT2D eigenvalue weighted by Crippen LogP contribution is -2.03. The smallest absolute Gasteiger partial charge is 0.293 e. The second kappa shape index (κ2) is 7.92. The molecule has 7 nitrogen and oxygen atoms in total. The van der Waals surface area contributed by atoms with Crippen LogP contribution in [0.5, 0.6) is 5.75 Å². The molecule has 0 fully saturated rings. The van der Waals surface area contributed by atoms with E-state index in [1.807, 2.05) is 31.2 Å². The molecule has 0 aliphatic carbocycles. The highest BCUT2D eigenvalue weighted by molar-refractivity contribution is 7.90. The maximum Gasteiger partial charge on any atom is 0.293 e. The SMILES string of the molecule is CCOc1ccc(-c2noc(-c3ccc(CS(=O)(=O)c4ccccc4)o3)n2)cc1. The van der Waals surface area contributed by atoms with Gasteiger partial charge in [0, 0.05) is 5.56 Å². The van der Waals surface area contributed by atoms with Gasteiger partial charge < -0.3 is 13.7 Å². The van der Waals surface area contributed by atoms with Gasteiger partial charge in [-0.25, -0.2) is 8.42 Å². The normalized spacial score (nSPS) is 11.5. The second-order valence-electron chi connectivity index (χ2n) is 6.22. The number of sulfone groups is 1. The van der Waals surface area contributed by atoms with Crippen LogP contribution in [0, 0.1) is 0 Å². The molecule has 29 heavy (non-hydrogen) atoms. The standard InChI is InChI=1S/C21H18N2O5S/c1-2-26-16-10-8-15(9-11-16)20-22-21(28-23-20)19-13-12-17(27-19)14-29(24,25)18-6-4-3-5-7-18/h3-13H,2,14H2,1H3. The number of hydrogen-bond donors (Lipinski definition) is 0. The van der Waals surface area contributed by atoms with Crippen molar-refractivity contribution in [1.82, 2.24) is 10.1 Å². The molecular formula is C21H18N2O5S. The number of hydrogen-bond acceptors (Lipinski definition) is 7. The monoisotopic (exact) mass is 410 g/mol. The summed E-state index contributed by atoms with van der Waals surface area (Å²) in [5, 5.41) is 3.96. The Bertz CT molecular complexity index is 1200. The first-order valence-corrected chi connectivity index (χ1v) is 10.6. The molecule has 0 saturated heterocycles. The van der Waals surface area contributed by atoms with E-state index in [2.05, 4.69) is 10.1 Å². The minimum Gasteiger partial charge on any atom is -0.494 e. The van der Waals surface area contributed by atoms with E-state index in [0.717, 1.165) is 11.3 Å². The molecule has 2 aromatic heterocycles. The third-order valence-corrected chi connectivity index (χ3v) is 5.81. The van der Waals surface area contributed by atoms with Crippen molar-refractivity contribution in [2.75, 3.05) is 6.61 Å². The zero-order chi connectivity index (χ0) is 20.3. The summed E-state index contributed by atoms with van der Waals surface area (Å²) >= 11 is 0. The highest BCUT2D eigenvalue weighted by Gasteiger charge is 2.19. The van der Waals surface area contributed by atoms with Crippen molar-refractivity contribution < 1.29 is 22.1 Å². The topological polar surface area (TPSA) is 95.4 Å². The molecule has 0 saturated carbocycles. The van der Waals surface area contributed by atoms with Gasteiger partial charge in [-0.2, -0.15) is 4.98 Å². The van der Waals surface area contributed by atoms with Crippen LogP contribution in [0.2, 0.25) is 0 Å². The second-order valence-corrected chi connectivity index (χ2v) is 8.21. The largest absolute Gasteiger partial charge is 0.494 e. The van der Waals surface area contributed by atoms with Crippen molar-refractivity contribution >= 4 is 9.84 Å². The molecule has 8 heteroatoms. The number of rotatable bonds is 7. The first-order chi connectivity index (χ1) is 14.0. The summed E-state index contributed by atoms with van der Waals surface area (Å²) in [6.45, 7) is 2.51. The molecule has 0 amide bonds. The van der Waals surface area contributed by atoms with Crippen molar-refractivity contribution in [3.8, 4) is 28.8 Å². The fourth-order valence-corrected chi connectivity index (χ4v) is 4.04. The van der Waals surface area contributed by atoms with Crippen LogP contribution < -0.4 is 4.74 Å². The Labute approximate surface area is 167 Å². The molecule has 148 valence electrons. The van der Waals surface area contributed by atoms with Crippen molar-refractivity contribution in [3.63, 3.8) is 0 Å². The molecule has 2 heterocycles. The number of aromatic nitrogens is 2.